The topological polar surface area (TPSA) is 131 Å². The van der Waals surface area contributed by atoms with E-state index in [1.165, 1.54) is 46.5 Å². The van der Waals surface area contributed by atoms with Gasteiger partial charge in [-0.05, 0) is 61.7 Å². The van der Waals surface area contributed by atoms with Gasteiger partial charge in [-0.15, -0.1) is 0 Å². The van der Waals surface area contributed by atoms with Crippen molar-refractivity contribution in [1.29, 1.82) is 0 Å². The summed E-state index contributed by atoms with van der Waals surface area (Å²) in [7, 11) is 1.64. The first-order valence-corrected chi connectivity index (χ1v) is 13.6. The lowest BCUT2D eigenvalue weighted by Gasteiger charge is -2.36. The average Bonchev–Trinajstić information content (AvgIpc) is 2.95. The number of nitrogens with one attached hydrogen (secondary N) is 3. The predicted molar refractivity (Wildman–Crippen MR) is 152 cm³/mol. The number of benzene rings is 2. The molecule has 4 N–H and O–H groups in total. The Morgan fingerprint density at radius 3 is 2.34 bits per heavy atom. The third-order valence-corrected chi connectivity index (χ3v) is 6.98. The van der Waals surface area contributed by atoms with Crippen molar-refractivity contribution in [2.45, 2.75) is 51.7 Å². The predicted octanol–water partition coefficient (Wildman–Crippen LogP) is 1.69. The van der Waals surface area contributed by atoms with Gasteiger partial charge in [0.15, 0.2) is 0 Å². The van der Waals surface area contributed by atoms with Crippen LogP contribution < -0.4 is 16.0 Å². The molecule has 0 radical (unpaired) electrons. The summed E-state index contributed by atoms with van der Waals surface area (Å²) in [5, 5.41) is 17.8. The second-order valence-corrected chi connectivity index (χ2v) is 10.4. The molecule has 1 aliphatic rings. The summed E-state index contributed by atoms with van der Waals surface area (Å²) in [6.45, 7) is 5.14. The minimum absolute atomic E-state index is 0.0758. The van der Waals surface area contributed by atoms with Crippen molar-refractivity contribution in [3.8, 4) is 5.75 Å². The monoisotopic (exact) mass is 567 g/mol. The summed E-state index contributed by atoms with van der Waals surface area (Å²) in [4.78, 5) is 54.9. The van der Waals surface area contributed by atoms with Gasteiger partial charge in [-0.25, -0.2) is 4.39 Å². The number of carbonyl (C=O) groups excluding carboxylic acids is 4. The number of hydrogen-bond acceptors (Lipinski definition) is 6. The van der Waals surface area contributed by atoms with E-state index in [-0.39, 0.29) is 48.8 Å². The number of phenolic OH excluding ortho intramolecular Hbond substituents is 1. The summed E-state index contributed by atoms with van der Waals surface area (Å²) >= 11 is 0. The highest BCUT2D eigenvalue weighted by Crippen LogP contribution is 2.20. The highest BCUT2D eigenvalue weighted by atomic mass is 19.1. The van der Waals surface area contributed by atoms with Crippen LogP contribution in [0.3, 0.4) is 0 Å². The van der Waals surface area contributed by atoms with E-state index in [9.17, 15) is 28.7 Å². The number of likely N-dealkylation sites (N-methyl/N-ethyl adjacent to an activating group) is 1. The quantitative estimate of drug-likeness (QED) is 0.309. The van der Waals surface area contributed by atoms with Crippen LogP contribution in [0.4, 0.5) is 4.39 Å². The number of hydrogen-bond donors (Lipinski definition) is 4. The Labute approximate surface area is 239 Å². The molecule has 11 heteroatoms. The standard InChI is InChI=1S/C30H38FN5O5/c1-19(2)27(34-28(39)20(3)32-4)29(40)33-18-26(38)36-15-14-35(13-12-21-6-5-7-23(31)16-21)30(41)25(36)17-22-8-10-24(37)11-9-22/h5-11,14-16,19-20,25,27,32,37H,12-13,17-18H2,1-4H3,(H,33,40)(H,34,39)/t20-,25-,27-/m0/s1. The van der Waals surface area contributed by atoms with Crippen LogP contribution in [0.1, 0.15) is 31.9 Å². The smallest absolute Gasteiger partial charge is 0.250 e. The van der Waals surface area contributed by atoms with E-state index in [0.717, 1.165) is 11.1 Å². The van der Waals surface area contributed by atoms with Gasteiger partial charge in [0.1, 0.15) is 23.7 Å². The lowest BCUT2D eigenvalue weighted by Crippen LogP contribution is -2.56. The first-order valence-electron chi connectivity index (χ1n) is 13.6. The second-order valence-electron chi connectivity index (χ2n) is 10.4. The molecule has 1 heterocycles. The Hall–Kier alpha value is -4.25. The maximum atomic E-state index is 13.6. The molecule has 0 unspecified atom stereocenters. The molecular weight excluding hydrogens is 529 g/mol. The summed E-state index contributed by atoms with van der Waals surface area (Å²) in [5.74, 6) is -2.20. The minimum Gasteiger partial charge on any atom is -0.508 e. The zero-order valence-corrected chi connectivity index (χ0v) is 23.8. The van der Waals surface area contributed by atoms with Gasteiger partial charge in [0.05, 0.1) is 12.6 Å². The Morgan fingerprint density at radius 1 is 1.00 bits per heavy atom. The fourth-order valence-corrected chi connectivity index (χ4v) is 4.37. The van der Waals surface area contributed by atoms with E-state index in [1.807, 2.05) is 0 Å². The van der Waals surface area contributed by atoms with E-state index < -0.39 is 29.9 Å². The van der Waals surface area contributed by atoms with Gasteiger partial charge in [-0.2, -0.15) is 0 Å². The van der Waals surface area contributed by atoms with Crippen molar-refractivity contribution >= 4 is 23.6 Å². The fraction of sp³-hybridized carbons (Fsp3) is 0.400. The molecule has 0 bridgehead atoms. The molecule has 41 heavy (non-hydrogen) atoms. The summed E-state index contributed by atoms with van der Waals surface area (Å²) < 4.78 is 13.6. The van der Waals surface area contributed by atoms with Gasteiger partial charge in [-0.1, -0.05) is 38.1 Å². The lowest BCUT2D eigenvalue weighted by atomic mass is 10.0. The summed E-state index contributed by atoms with van der Waals surface area (Å²) in [6.07, 6.45) is 3.60. The van der Waals surface area contributed by atoms with Crippen LogP contribution in [-0.4, -0.2) is 76.8 Å². The summed E-state index contributed by atoms with van der Waals surface area (Å²) in [5.41, 5.74) is 1.46. The molecule has 0 aliphatic carbocycles. The largest absolute Gasteiger partial charge is 0.508 e. The number of carbonyl (C=O) groups is 4. The van der Waals surface area contributed by atoms with E-state index in [2.05, 4.69) is 16.0 Å². The Bertz CT molecular complexity index is 1270. The van der Waals surface area contributed by atoms with Gasteiger partial charge in [-0.3, -0.25) is 19.2 Å². The molecule has 0 saturated carbocycles. The molecule has 0 aromatic heterocycles. The fourth-order valence-electron chi connectivity index (χ4n) is 4.37. The van der Waals surface area contributed by atoms with Gasteiger partial charge < -0.3 is 30.9 Å². The van der Waals surface area contributed by atoms with Crippen molar-refractivity contribution in [3.05, 3.63) is 77.9 Å². The maximum absolute atomic E-state index is 13.6. The molecule has 0 spiro atoms. The van der Waals surface area contributed by atoms with Crippen molar-refractivity contribution in [1.82, 2.24) is 25.8 Å². The second kappa shape index (κ2) is 14.4. The molecule has 0 saturated heterocycles. The molecular formula is C30H38FN5O5. The Morgan fingerprint density at radius 2 is 1.71 bits per heavy atom. The SMILES string of the molecule is CN[C@@H](C)C(=O)N[C@H](C(=O)NCC(=O)N1C=CN(CCc2cccc(F)c2)C(=O)[C@@H]1Cc1ccc(O)cc1)C(C)C. The van der Waals surface area contributed by atoms with Crippen LogP contribution in [-0.2, 0) is 32.0 Å². The number of rotatable bonds is 12. The molecule has 2 aromatic carbocycles. The van der Waals surface area contributed by atoms with Crippen molar-refractivity contribution < 1.29 is 28.7 Å². The van der Waals surface area contributed by atoms with Crippen LogP contribution in [0.5, 0.6) is 5.75 Å². The van der Waals surface area contributed by atoms with Crippen LogP contribution >= 0.6 is 0 Å². The molecule has 3 rings (SSSR count). The van der Waals surface area contributed by atoms with E-state index in [0.29, 0.717) is 6.42 Å². The first-order chi connectivity index (χ1) is 19.5. The van der Waals surface area contributed by atoms with Crippen LogP contribution in [0.25, 0.3) is 0 Å². The van der Waals surface area contributed by atoms with Gasteiger partial charge in [0, 0.05) is 25.4 Å². The van der Waals surface area contributed by atoms with Crippen LogP contribution in [0.15, 0.2) is 60.9 Å². The zero-order valence-electron chi connectivity index (χ0n) is 23.8. The zero-order chi connectivity index (χ0) is 30.1. The Kier molecular flexibility index (Phi) is 11.0. The highest BCUT2D eigenvalue weighted by Gasteiger charge is 2.35. The molecule has 1 aliphatic heterocycles. The van der Waals surface area contributed by atoms with Gasteiger partial charge in [0.2, 0.25) is 23.6 Å². The first kappa shape index (κ1) is 31.3. The maximum Gasteiger partial charge on any atom is 0.250 e. The van der Waals surface area contributed by atoms with E-state index in [1.54, 1.807) is 52.1 Å². The molecule has 4 amide bonds. The molecule has 0 fully saturated rings. The number of phenols is 1. The minimum atomic E-state index is -0.904. The van der Waals surface area contributed by atoms with E-state index >= 15 is 0 Å². The Balaban J connectivity index is 1.74. The number of aromatic hydroxyl groups is 1. The average molecular weight is 568 g/mol. The van der Waals surface area contributed by atoms with Gasteiger partial charge >= 0.3 is 0 Å². The highest BCUT2D eigenvalue weighted by molar-refractivity contribution is 5.94. The number of nitrogens with zero attached hydrogens (tertiary/aromatic N) is 2. The molecule has 10 nitrogen and oxygen atoms in total. The van der Waals surface area contributed by atoms with Gasteiger partial charge in [0.25, 0.3) is 0 Å². The number of halogens is 1. The van der Waals surface area contributed by atoms with Crippen molar-refractivity contribution in [2.24, 2.45) is 5.92 Å². The third kappa shape index (κ3) is 8.62. The van der Waals surface area contributed by atoms with E-state index in [4.69, 9.17) is 0 Å². The van der Waals surface area contributed by atoms with Crippen LogP contribution in [0.2, 0.25) is 0 Å². The molecule has 3 atom stereocenters. The molecule has 220 valence electrons. The summed E-state index contributed by atoms with van der Waals surface area (Å²) in [6, 6.07) is 10.2. The lowest BCUT2D eigenvalue weighted by molar-refractivity contribution is -0.143. The normalized spacial score (nSPS) is 16.4. The van der Waals surface area contributed by atoms with Crippen molar-refractivity contribution in [2.75, 3.05) is 20.1 Å². The van der Waals surface area contributed by atoms with Crippen LogP contribution in [0, 0.1) is 11.7 Å². The third-order valence-electron chi connectivity index (χ3n) is 6.98. The number of amides is 4. The van der Waals surface area contributed by atoms with Crippen molar-refractivity contribution in [3.63, 3.8) is 0 Å². The molecule has 2 aromatic rings.